The van der Waals surface area contributed by atoms with E-state index < -0.39 is 0 Å². The van der Waals surface area contributed by atoms with Gasteiger partial charge in [0.25, 0.3) is 0 Å². The molecule has 0 saturated heterocycles. The standard InChI is InChI=1S/C20H28N4/c1-3-9-19-17(7-1)15-21-11-5-6-12-22-16-18-8-2-4-10-20(18)24-14-13-23-19/h1-4,7-10,21-24H,5-6,11-16H2. The molecule has 0 radical (unpaired) electrons. The molecule has 1 aliphatic heterocycles. The molecule has 0 bridgehead atoms. The summed E-state index contributed by atoms with van der Waals surface area (Å²) in [6.45, 7) is 5.78. The van der Waals surface area contributed by atoms with Gasteiger partial charge in [-0.05, 0) is 49.2 Å². The van der Waals surface area contributed by atoms with Gasteiger partial charge in [0, 0.05) is 37.6 Å². The van der Waals surface area contributed by atoms with E-state index in [1.54, 1.807) is 0 Å². The Morgan fingerprint density at radius 1 is 0.542 bits per heavy atom. The van der Waals surface area contributed by atoms with Crippen LogP contribution in [0, 0.1) is 0 Å². The van der Waals surface area contributed by atoms with Crippen LogP contribution in [0.4, 0.5) is 11.4 Å². The lowest BCUT2D eigenvalue weighted by atomic mass is 10.1. The highest BCUT2D eigenvalue weighted by Gasteiger charge is 2.04. The normalized spacial score (nSPS) is 17.0. The van der Waals surface area contributed by atoms with Crippen LogP contribution in [-0.4, -0.2) is 26.2 Å². The molecule has 3 rings (SSSR count). The summed E-state index contributed by atoms with van der Waals surface area (Å²) in [5.74, 6) is 0. The molecule has 4 heteroatoms. The first-order chi connectivity index (χ1) is 11.9. The third kappa shape index (κ3) is 4.98. The Hall–Kier alpha value is -2.04. The number of fused-ring (bicyclic) bond motifs is 2. The molecule has 24 heavy (non-hydrogen) atoms. The number of hydrogen-bond acceptors (Lipinski definition) is 4. The van der Waals surface area contributed by atoms with E-state index in [-0.39, 0.29) is 0 Å². The van der Waals surface area contributed by atoms with Crippen molar-refractivity contribution in [2.75, 3.05) is 36.8 Å². The highest BCUT2D eigenvalue weighted by Crippen LogP contribution is 2.16. The molecule has 4 N–H and O–H groups in total. The zero-order valence-electron chi connectivity index (χ0n) is 14.3. The van der Waals surface area contributed by atoms with Crippen molar-refractivity contribution in [2.24, 2.45) is 0 Å². The first kappa shape index (κ1) is 16.8. The highest BCUT2D eigenvalue weighted by atomic mass is 15.0. The molecule has 2 aromatic rings. The van der Waals surface area contributed by atoms with Crippen LogP contribution >= 0.6 is 0 Å². The maximum Gasteiger partial charge on any atom is 0.0386 e. The summed E-state index contributed by atoms with van der Waals surface area (Å²) in [5.41, 5.74) is 5.13. The summed E-state index contributed by atoms with van der Waals surface area (Å²) in [5, 5.41) is 14.2. The van der Waals surface area contributed by atoms with Crippen LogP contribution in [-0.2, 0) is 13.1 Å². The van der Waals surface area contributed by atoms with Crippen LogP contribution in [0.25, 0.3) is 0 Å². The monoisotopic (exact) mass is 324 g/mol. The second-order valence-corrected chi connectivity index (χ2v) is 6.23. The zero-order valence-corrected chi connectivity index (χ0v) is 14.3. The van der Waals surface area contributed by atoms with Crippen LogP contribution in [0.2, 0.25) is 0 Å². The lowest BCUT2D eigenvalue weighted by Crippen LogP contribution is -2.21. The van der Waals surface area contributed by atoms with Crippen molar-refractivity contribution >= 4 is 11.4 Å². The van der Waals surface area contributed by atoms with Crippen LogP contribution < -0.4 is 21.3 Å². The van der Waals surface area contributed by atoms with Crippen molar-refractivity contribution in [3.63, 3.8) is 0 Å². The lowest BCUT2D eigenvalue weighted by molar-refractivity contribution is 0.582. The van der Waals surface area contributed by atoms with E-state index in [1.165, 1.54) is 35.3 Å². The fourth-order valence-corrected chi connectivity index (χ4v) is 3.03. The number of anilines is 2. The Morgan fingerprint density at radius 2 is 1.00 bits per heavy atom. The van der Waals surface area contributed by atoms with Gasteiger partial charge in [0.05, 0.1) is 0 Å². The molecule has 0 unspecified atom stereocenters. The van der Waals surface area contributed by atoms with Gasteiger partial charge in [0.2, 0.25) is 0 Å². The minimum Gasteiger partial charge on any atom is -0.383 e. The minimum atomic E-state index is 0.902. The van der Waals surface area contributed by atoms with Crippen molar-refractivity contribution in [3.8, 4) is 0 Å². The van der Waals surface area contributed by atoms with Crippen LogP contribution in [0.15, 0.2) is 48.5 Å². The van der Waals surface area contributed by atoms with E-state index in [2.05, 4.69) is 69.8 Å². The first-order valence-corrected chi connectivity index (χ1v) is 8.98. The Labute approximate surface area is 145 Å². The summed E-state index contributed by atoms with van der Waals surface area (Å²) < 4.78 is 0. The summed E-state index contributed by atoms with van der Waals surface area (Å²) in [6, 6.07) is 17.1. The highest BCUT2D eigenvalue weighted by molar-refractivity contribution is 5.53. The molecule has 0 spiro atoms. The summed E-state index contributed by atoms with van der Waals surface area (Å²) in [6.07, 6.45) is 2.39. The van der Waals surface area contributed by atoms with Gasteiger partial charge in [-0.15, -0.1) is 0 Å². The minimum absolute atomic E-state index is 0.902. The Balaban J connectivity index is 1.66. The van der Waals surface area contributed by atoms with E-state index in [0.717, 1.165) is 39.3 Å². The average molecular weight is 324 g/mol. The molecule has 0 fully saturated rings. The largest absolute Gasteiger partial charge is 0.383 e. The van der Waals surface area contributed by atoms with E-state index in [9.17, 15) is 0 Å². The van der Waals surface area contributed by atoms with Crippen molar-refractivity contribution < 1.29 is 0 Å². The van der Waals surface area contributed by atoms with Gasteiger partial charge in [-0.25, -0.2) is 0 Å². The number of nitrogens with one attached hydrogen (secondary N) is 4. The first-order valence-electron chi connectivity index (χ1n) is 8.98. The third-order valence-electron chi connectivity index (χ3n) is 4.38. The molecule has 0 atom stereocenters. The fraction of sp³-hybridized carbons (Fsp3) is 0.400. The zero-order chi connectivity index (χ0) is 16.5. The third-order valence-corrected chi connectivity index (χ3v) is 4.38. The van der Waals surface area contributed by atoms with E-state index >= 15 is 0 Å². The number of benzene rings is 2. The molecule has 0 aromatic heterocycles. The Kier molecular flexibility index (Phi) is 6.51. The molecule has 2 aromatic carbocycles. The topological polar surface area (TPSA) is 48.1 Å². The van der Waals surface area contributed by atoms with Crippen LogP contribution in [0.5, 0.6) is 0 Å². The SMILES string of the molecule is c1ccc2c(c1)CNCCCCNCc1ccccc1NCCN2. The molecule has 1 heterocycles. The van der Waals surface area contributed by atoms with Crippen molar-refractivity contribution in [1.82, 2.24) is 10.6 Å². The predicted molar refractivity (Wildman–Crippen MR) is 103 cm³/mol. The number of hydrogen-bond donors (Lipinski definition) is 4. The maximum atomic E-state index is 3.56. The summed E-state index contributed by atoms with van der Waals surface area (Å²) in [7, 11) is 0. The lowest BCUT2D eigenvalue weighted by Gasteiger charge is -2.16. The van der Waals surface area contributed by atoms with Crippen LogP contribution in [0.3, 0.4) is 0 Å². The quantitative estimate of drug-likeness (QED) is 0.601. The van der Waals surface area contributed by atoms with Gasteiger partial charge < -0.3 is 21.3 Å². The van der Waals surface area contributed by atoms with E-state index in [1.807, 2.05) is 0 Å². The van der Waals surface area contributed by atoms with Gasteiger partial charge in [-0.1, -0.05) is 36.4 Å². The van der Waals surface area contributed by atoms with Gasteiger partial charge in [-0.3, -0.25) is 0 Å². The summed E-state index contributed by atoms with van der Waals surface area (Å²) >= 11 is 0. The second kappa shape index (κ2) is 9.30. The van der Waals surface area contributed by atoms with E-state index in [4.69, 9.17) is 0 Å². The van der Waals surface area contributed by atoms with Crippen molar-refractivity contribution in [3.05, 3.63) is 59.7 Å². The molecule has 128 valence electrons. The van der Waals surface area contributed by atoms with E-state index in [0.29, 0.717) is 0 Å². The second-order valence-electron chi connectivity index (χ2n) is 6.23. The number of rotatable bonds is 0. The maximum absolute atomic E-state index is 3.56. The average Bonchev–Trinajstić information content (AvgIpc) is 2.62. The van der Waals surface area contributed by atoms with Gasteiger partial charge in [0.15, 0.2) is 0 Å². The Bertz CT molecular complexity index is 571. The fourth-order valence-electron chi connectivity index (χ4n) is 3.03. The Morgan fingerprint density at radius 3 is 1.50 bits per heavy atom. The van der Waals surface area contributed by atoms with Gasteiger partial charge in [0.1, 0.15) is 0 Å². The molecular weight excluding hydrogens is 296 g/mol. The van der Waals surface area contributed by atoms with Crippen LogP contribution in [0.1, 0.15) is 24.0 Å². The molecule has 0 amide bonds. The smallest absolute Gasteiger partial charge is 0.0386 e. The molecule has 0 saturated carbocycles. The molecule has 4 nitrogen and oxygen atoms in total. The summed E-state index contributed by atoms with van der Waals surface area (Å²) in [4.78, 5) is 0. The molecule has 0 aliphatic carbocycles. The van der Waals surface area contributed by atoms with Crippen molar-refractivity contribution in [1.29, 1.82) is 0 Å². The molecular formula is C20H28N4. The number of para-hydroxylation sites is 2. The van der Waals surface area contributed by atoms with Crippen molar-refractivity contribution in [2.45, 2.75) is 25.9 Å². The van der Waals surface area contributed by atoms with Gasteiger partial charge in [-0.2, -0.15) is 0 Å². The van der Waals surface area contributed by atoms with Gasteiger partial charge >= 0.3 is 0 Å². The predicted octanol–water partition coefficient (Wildman–Crippen LogP) is 3.18. The molecule has 1 aliphatic rings.